The SMILES string of the molecule is COCOCc1cccc(C2=C[C@H](C(C)=O)CC2)c1. The highest BCUT2D eigenvalue weighted by Crippen LogP contribution is 2.32. The summed E-state index contributed by atoms with van der Waals surface area (Å²) < 4.78 is 10.2. The largest absolute Gasteiger partial charge is 0.359 e. The van der Waals surface area contributed by atoms with Gasteiger partial charge in [0.2, 0.25) is 0 Å². The second-order valence-electron chi connectivity index (χ2n) is 4.90. The van der Waals surface area contributed by atoms with Crippen molar-refractivity contribution in [3.8, 4) is 0 Å². The summed E-state index contributed by atoms with van der Waals surface area (Å²) in [5.41, 5.74) is 3.60. The molecule has 0 heterocycles. The van der Waals surface area contributed by atoms with Gasteiger partial charge in [-0.3, -0.25) is 4.79 Å². The number of hydrogen-bond acceptors (Lipinski definition) is 3. The maximum absolute atomic E-state index is 11.4. The van der Waals surface area contributed by atoms with Gasteiger partial charge in [-0.05, 0) is 42.5 Å². The third-order valence-corrected chi connectivity index (χ3v) is 3.42. The molecule has 1 aliphatic rings. The lowest BCUT2D eigenvalue weighted by atomic mass is 10.0. The first-order valence-electron chi connectivity index (χ1n) is 6.58. The van der Waals surface area contributed by atoms with Gasteiger partial charge in [-0.15, -0.1) is 0 Å². The number of carbonyl (C=O) groups excluding carboxylic acids is 1. The van der Waals surface area contributed by atoms with E-state index in [0.717, 1.165) is 18.4 Å². The van der Waals surface area contributed by atoms with Gasteiger partial charge in [0.15, 0.2) is 0 Å². The maximum atomic E-state index is 11.4. The molecule has 0 radical (unpaired) electrons. The van der Waals surface area contributed by atoms with E-state index in [4.69, 9.17) is 9.47 Å². The molecular weight excluding hydrogens is 240 g/mol. The van der Waals surface area contributed by atoms with E-state index in [1.165, 1.54) is 11.1 Å². The number of ether oxygens (including phenoxy) is 2. The molecule has 1 atom stereocenters. The quantitative estimate of drug-likeness (QED) is 0.582. The number of methoxy groups -OCH3 is 1. The topological polar surface area (TPSA) is 35.5 Å². The average molecular weight is 260 g/mol. The van der Waals surface area contributed by atoms with Gasteiger partial charge in [-0.2, -0.15) is 0 Å². The maximum Gasteiger partial charge on any atom is 0.146 e. The fourth-order valence-corrected chi connectivity index (χ4v) is 2.39. The van der Waals surface area contributed by atoms with Gasteiger partial charge in [0, 0.05) is 13.0 Å². The van der Waals surface area contributed by atoms with Crippen LogP contribution in [0.1, 0.15) is 30.9 Å². The van der Waals surface area contributed by atoms with Crippen LogP contribution >= 0.6 is 0 Å². The Kier molecular flexibility index (Phi) is 4.88. The van der Waals surface area contributed by atoms with Crippen LogP contribution in [0.25, 0.3) is 5.57 Å². The van der Waals surface area contributed by atoms with Crippen molar-refractivity contribution >= 4 is 11.4 Å². The monoisotopic (exact) mass is 260 g/mol. The molecule has 19 heavy (non-hydrogen) atoms. The summed E-state index contributed by atoms with van der Waals surface area (Å²) in [6.45, 7) is 2.52. The Balaban J connectivity index is 2.07. The highest BCUT2D eigenvalue weighted by molar-refractivity contribution is 5.84. The highest BCUT2D eigenvalue weighted by Gasteiger charge is 2.20. The molecule has 0 unspecified atom stereocenters. The van der Waals surface area contributed by atoms with Gasteiger partial charge in [0.05, 0.1) is 6.61 Å². The predicted molar refractivity (Wildman–Crippen MR) is 74.5 cm³/mol. The van der Waals surface area contributed by atoms with Crippen molar-refractivity contribution in [3.05, 3.63) is 41.5 Å². The van der Waals surface area contributed by atoms with Crippen molar-refractivity contribution in [2.24, 2.45) is 5.92 Å². The van der Waals surface area contributed by atoms with Crippen molar-refractivity contribution < 1.29 is 14.3 Å². The molecule has 1 aromatic carbocycles. The van der Waals surface area contributed by atoms with Gasteiger partial charge >= 0.3 is 0 Å². The van der Waals surface area contributed by atoms with Crippen LogP contribution in [0.2, 0.25) is 0 Å². The Bertz CT molecular complexity index is 477. The molecule has 3 heteroatoms. The standard InChI is InChI=1S/C16H20O3/c1-12(17)14-6-7-16(9-14)15-5-3-4-13(8-15)10-19-11-18-2/h3-5,8-9,14H,6-7,10-11H2,1-2H3/t14-/m1/s1. The number of hydrogen-bond donors (Lipinski definition) is 0. The molecule has 3 nitrogen and oxygen atoms in total. The van der Waals surface area contributed by atoms with Crippen LogP contribution in [0.15, 0.2) is 30.3 Å². The van der Waals surface area contributed by atoms with Crippen LogP contribution in [-0.2, 0) is 20.9 Å². The van der Waals surface area contributed by atoms with Gasteiger partial charge in [-0.25, -0.2) is 0 Å². The van der Waals surface area contributed by atoms with E-state index < -0.39 is 0 Å². The van der Waals surface area contributed by atoms with E-state index in [9.17, 15) is 4.79 Å². The van der Waals surface area contributed by atoms with Gasteiger partial charge < -0.3 is 9.47 Å². The van der Waals surface area contributed by atoms with E-state index in [1.807, 2.05) is 12.1 Å². The van der Waals surface area contributed by atoms with Crippen LogP contribution in [0.4, 0.5) is 0 Å². The number of ketones is 1. The minimum atomic E-state index is 0.100. The van der Waals surface area contributed by atoms with Crippen molar-refractivity contribution in [2.45, 2.75) is 26.4 Å². The second kappa shape index (κ2) is 6.64. The Hall–Kier alpha value is -1.45. The molecule has 0 saturated heterocycles. The Morgan fingerprint density at radius 1 is 1.42 bits per heavy atom. The minimum absolute atomic E-state index is 0.100. The zero-order valence-corrected chi connectivity index (χ0v) is 11.5. The zero-order valence-electron chi connectivity index (χ0n) is 11.5. The lowest BCUT2D eigenvalue weighted by molar-refractivity contribution is -0.119. The number of benzene rings is 1. The summed E-state index contributed by atoms with van der Waals surface area (Å²) in [4.78, 5) is 11.4. The fourth-order valence-electron chi connectivity index (χ4n) is 2.39. The van der Waals surface area contributed by atoms with E-state index in [-0.39, 0.29) is 11.7 Å². The van der Waals surface area contributed by atoms with Gasteiger partial charge in [0.1, 0.15) is 12.6 Å². The predicted octanol–water partition coefficient (Wildman–Crippen LogP) is 3.19. The molecule has 0 N–H and O–H groups in total. The van der Waals surface area contributed by atoms with E-state index in [1.54, 1.807) is 14.0 Å². The lowest BCUT2D eigenvalue weighted by Crippen LogP contribution is -2.03. The Morgan fingerprint density at radius 3 is 2.95 bits per heavy atom. The number of carbonyl (C=O) groups is 1. The minimum Gasteiger partial charge on any atom is -0.359 e. The molecule has 1 aliphatic carbocycles. The summed E-state index contributed by atoms with van der Waals surface area (Å²) >= 11 is 0. The lowest BCUT2D eigenvalue weighted by Gasteiger charge is -2.06. The number of allylic oxidation sites excluding steroid dienone is 2. The molecule has 0 amide bonds. The summed E-state index contributed by atoms with van der Waals surface area (Å²) in [5.74, 6) is 0.359. The molecule has 1 aromatic rings. The van der Waals surface area contributed by atoms with Crippen molar-refractivity contribution in [1.82, 2.24) is 0 Å². The first kappa shape index (κ1) is 14.0. The number of rotatable bonds is 6. The first-order valence-corrected chi connectivity index (χ1v) is 6.58. The molecule has 0 aromatic heterocycles. The summed E-state index contributed by atoms with van der Waals surface area (Å²) in [6, 6.07) is 8.29. The first-order chi connectivity index (χ1) is 9.20. The van der Waals surface area contributed by atoms with Crippen LogP contribution in [0, 0.1) is 5.92 Å². The van der Waals surface area contributed by atoms with E-state index >= 15 is 0 Å². The van der Waals surface area contributed by atoms with Crippen molar-refractivity contribution in [1.29, 1.82) is 0 Å². The number of Topliss-reactive ketones (excluding diaryl/α,β-unsaturated/α-hetero) is 1. The van der Waals surface area contributed by atoms with Gasteiger partial charge in [-0.1, -0.05) is 24.3 Å². The summed E-state index contributed by atoms with van der Waals surface area (Å²) in [7, 11) is 1.61. The molecule has 0 bridgehead atoms. The molecule has 0 fully saturated rings. The highest BCUT2D eigenvalue weighted by atomic mass is 16.7. The van der Waals surface area contributed by atoms with E-state index in [2.05, 4.69) is 18.2 Å². The molecular formula is C16H20O3. The Labute approximate surface area is 114 Å². The van der Waals surface area contributed by atoms with Gasteiger partial charge in [0.25, 0.3) is 0 Å². The fraction of sp³-hybridized carbons (Fsp3) is 0.438. The summed E-state index contributed by atoms with van der Waals surface area (Å²) in [5, 5.41) is 0. The molecule has 2 rings (SSSR count). The zero-order chi connectivity index (χ0) is 13.7. The third-order valence-electron chi connectivity index (χ3n) is 3.42. The van der Waals surface area contributed by atoms with E-state index in [0.29, 0.717) is 13.4 Å². The molecule has 0 spiro atoms. The van der Waals surface area contributed by atoms with Crippen molar-refractivity contribution in [2.75, 3.05) is 13.9 Å². The molecule has 102 valence electrons. The smallest absolute Gasteiger partial charge is 0.146 e. The normalized spacial score (nSPS) is 18.4. The second-order valence-corrected chi connectivity index (χ2v) is 4.90. The molecule has 0 saturated carbocycles. The van der Waals surface area contributed by atoms with Crippen LogP contribution in [0.5, 0.6) is 0 Å². The van der Waals surface area contributed by atoms with Crippen LogP contribution < -0.4 is 0 Å². The average Bonchev–Trinajstić information content (AvgIpc) is 2.89. The Morgan fingerprint density at radius 2 is 2.26 bits per heavy atom. The van der Waals surface area contributed by atoms with Crippen molar-refractivity contribution in [3.63, 3.8) is 0 Å². The van der Waals surface area contributed by atoms with Crippen LogP contribution in [-0.4, -0.2) is 19.7 Å². The summed E-state index contributed by atoms with van der Waals surface area (Å²) in [6.07, 6.45) is 4.03. The van der Waals surface area contributed by atoms with Crippen LogP contribution in [0.3, 0.4) is 0 Å². The third kappa shape index (κ3) is 3.75. The molecule has 0 aliphatic heterocycles.